The van der Waals surface area contributed by atoms with Crippen molar-refractivity contribution >= 4 is 28.4 Å². The summed E-state index contributed by atoms with van der Waals surface area (Å²) in [6.07, 6.45) is 1.46. The number of methoxy groups -OCH3 is 1. The fraction of sp³-hybridized carbons (Fsp3) is 0.458. The highest BCUT2D eigenvalue weighted by Gasteiger charge is 2.57. The predicted octanol–water partition coefficient (Wildman–Crippen LogP) is 4.72. The summed E-state index contributed by atoms with van der Waals surface area (Å²) in [7, 11) is 1.68. The van der Waals surface area contributed by atoms with Crippen LogP contribution in [0, 0.1) is 0 Å². The second kappa shape index (κ2) is 9.88. The Morgan fingerprint density at radius 3 is 2.71 bits per heavy atom. The van der Waals surface area contributed by atoms with E-state index in [9.17, 15) is 0 Å². The Morgan fingerprint density at radius 1 is 1.16 bits per heavy atom. The Morgan fingerprint density at radius 2 is 1.97 bits per heavy atom. The molecule has 31 heavy (non-hydrogen) atoms. The van der Waals surface area contributed by atoms with Gasteiger partial charge in [-0.05, 0) is 41.7 Å². The second-order valence-corrected chi connectivity index (χ2v) is 9.46. The average molecular weight is 461 g/mol. The molecule has 4 rings (SSSR count). The molecule has 5 nitrogen and oxygen atoms in total. The number of fused-ring (bicyclic) bond motifs is 2. The maximum Gasteiger partial charge on any atom is 0.220 e. The molecule has 0 saturated carbocycles. The van der Waals surface area contributed by atoms with Crippen LogP contribution < -0.4 is 4.74 Å². The first-order valence-electron chi connectivity index (χ1n) is 10.3. The normalized spacial score (nSPS) is 29.5. The van der Waals surface area contributed by atoms with Crippen molar-refractivity contribution in [3.8, 4) is 5.75 Å². The molecule has 2 aliphatic rings. The molecule has 0 aliphatic carbocycles. The third-order valence-corrected chi connectivity index (χ3v) is 7.06. The van der Waals surface area contributed by atoms with Gasteiger partial charge in [0, 0.05) is 11.8 Å². The first kappa shape index (κ1) is 22.6. The van der Waals surface area contributed by atoms with Crippen LogP contribution in [0.2, 0.25) is 0 Å². The number of rotatable bonds is 7. The van der Waals surface area contributed by atoms with E-state index in [0.717, 1.165) is 16.9 Å². The predicted molar refractivity (Wildman–Crippen MR) is 126 cm³/mol. The van der Waals surface area contributed by atoms with Crippen LogP contribution in [0.3, 0.4) is 0 Å². The maximum atomic E-state index is 6.30. The minimum absolute atomic E-state index is 0.226. The Kier molecular flexibility index (Phi) is 7.19. The third-order valence-electron chi connectivity index (χ3n) is 6.03. The Bertz CT molecular complexity index is 893. The zero-order valence-corrected chi connectivity index (χ0v) is 19.6. The Balaban J connectivity index is 1.55. The number of hydrogen-bond acceptors (Lipinski definition) is 7. The van der Waals surface area contributed by atoms with Gasteiger partial charge in [0.2, 0.25) is 4.38 Å². The first-order chi connectivity index (χ1) is 15.0. The van der Waals surface area contributed by atoms with Crippen LogP contribution in [-0.4, -0.2) is 49.0 Å². The molecule has 0 N–H and O–H groups in total. The van der Waals surface area contributed by atoms with Gasteiger partial charge in [0.15, 0.2) is 6.29 Å². The van der Waals surface area contributed by atoms with E-state index in [1.807, 2.05) is 48.7 Å². The van der Waals surface area contributed by atoms with Crippen LogP contribution >= 0.6 is 24.0 Å². The third kappa shape index (κ3) is 4.91. The fourth-order valence-corrected chi connectivity index (χ4v) is 4.67. The van der Waals surface area contributed by atoms with Gasteiger partial charge in [-0.1, -0.05) is 61.2 Å². The molecule has 0 aromatic heterocycles. The van der Waals surface area contributed by atoms with Crippen molar-refractivity contribution in [1.82, 2.24) is 0 Å². The minimum Gasteiger partial charge on any atom is -0.497 e. The molecule has 166 valence electrons. The monoisotopic (exact) mass is 460 g/mol. The van der Waals surface area contributed by atoms with E-state index in [4.69, 9.17) is 35.9 Å². The lowest BCUT2D eigenvalue weighted by Crippen LogP contribution is -2.54. The van der Waals surface area contributed by atoms with Crippen molar-refractivity contribution in [3.05, 3.63) is 65.7 Å². The van der Waals surface area contributed by atoms with Crippen LogP contribution in [-0.2, 0) is 31.0 Å². The van der Waals surface area contributed by atoms with Gasteiger partial charge in [0.25, 0.3) is 0 Å². The van der Waals surface area contributed by atoms with Crippen molar-refractivity contribution in [2.75, 3.05) is 20.0 Å². The number of hydrogen-bond donors (Lipinski definition) is 0. The van der Waals surface area contributed by atoms with Crippen molar-refractivity contribution < 1.29 is 23.7 Å². The van der Waals surface area contributed by atoms with Crippen LogP contribution in [0.5, 0.6) is 5.75 Å². The lowest BCUT2D eigenvalue weighted by molar-refractivity contribution is -0.146. The molecular weight excluding hydrogens is 432 g/mol. The van der Waals surface area contributed by atoms with Gasteiger partial charge >= 0.3 is 0 Å². The van der Waals surface area contributed by atoms with Gasteiger partial charge < -0.3 is 23.7 Å². The molecule has 5 atom stereocenters. The molecule has 2 heterocycles. The van der Waals surface area contributed by atoms with Crippen molar-refractivity contribution in [2.24, 2.45) is 0 Å². The molecule has 2 saturated heterocycles. The van der Waals surface area contributed by atoms with Crippen LogP contribution in [0.25, 0.3) is 0 Å². The highest BCUT2D eigenvalue weighted by Crippen LogP contribution is 2.47. The van der Waals surface area contributed by atoms with Gasteiger partial charge in [-0.2, -0.15) is 0 Å². The SMILES string of the molecule is COc1cccc([C@]2(C)C[C@@H]3O[C@H]([C@H]2OC(=S)SC)[C@@H](COCc2ccccc2)O3)c1. The smallest absolute Gasteiger partial charge is 0.220 e. The molecule has 2 aromatic carbocycles. The highest BCUT2D eigenvalue weighted by atomic mass is 32.2. The summed E-state index contributed by atoms with van der Waals surface area (Å²) in [5, 5.41) is 0. The molecule has 2 aliphatic heterocycles. The number of benzene rings is 2. The average Bonchev–Trinajstić information content (AvgIpc) is 3.14. The summed E-state index contributed by atoms with van der Waals surface area (Å²) in [6.45, 7) is 3.14. The quantitative estimate of drug-likeness (QED) is 0.554. The summed E-state index contributed by atoms with van der Waals surface area (Å²) in [4.78, 5) is 0. The topological polar surface area (TPSA) is 46.2 Å². The van der Waals surface area contributed by atoms with E-state index in [-0.39, 0.29) is 30.0 Å². The zero-order valence-electron chi connectivity index (χ0n) is 18.0. The van der Waals surface area contributed by atoms with Crippen molar-refractivity contribution in [2.45, 2.75) is 50.0 Å². The number of ether oxygens (including phenoxy) is 5. The van der Waals surface area contributed by atoms with E-state index in [1.165, 1.54) is 11.8 Å². The molecular formula is C24H28O5S2. The van der Waals surface area contributed by atoms with Crippen LogP contribution in [0.1, 0.15) is 24.5 Å². The fourth-order valence-electron chi connectivity index (χ4n) is 4.37. The molecule has 0 radical (unpaired) electrons. The van der Waals surface area contributed by atoms with Crippen LogP contribution in [0.15, 0.2) is 54.6 Å². The van der Waals surface area contributed by atoms with E-state index in [0.29, 0.717) is 24.0 Å². The molecule has 7 heteroatoms. The number of thioether (sulfide) groups is 1. The zero-order chi connectivity index (χ0) is 21.8. The largest absolute Gasteiger partial charge is 0.497 e. The van der Waals surface area contributed by atoms with Gasteiger partial charge in [-0.15, -0.1) is 0 Å². The van der Waals surface area contributed by atoms with Gasteiger partial charge in [0.05, 0.1) is 20.3 Å². The van der Waals surface area contributed by atoms with E-state index >= 15 is 0 Å². The first-order valence-corrected chi connectivity index (χ1v) is 12.0. The minimum atomic E-state index is -0.351. The summed E-state index contributed by atoms with van der Waals surface area (Å²) in [6, 6.07) is 18.2. The lowest BCUT2D eigenvalue weighted by Gasteiger charge is -2.44. The Labute approximate surface area is 193 Å². The van der Waals surface area contributed by atoms with Gasteiger partial charge in [-0.3, -0.25) is 0 Å². The van der Waals surface area contributed by atoms with Gasteiger partial charge in [-0.25, -0.2) is 0 Å². The lowest BCUT2D eigenvalue weighted by atomic mass is 9.71. The highest BCUT2D eigenvalue weighted by molar-refractivity contribution is 8.22. The molecule has 0 amide bonds. The summed E-state index contributed by atoms with van der Waals surface area (Å²) < 4.78 is 30.7. The summed E-state index contributed by atoms with van der Waals surface area (Å²) in [5.41, 5.74) is 1.89. The molecule has 2 aromatic rings. The summed E-state index contributed by atoms with van der Waals surface area (Å²) >= 11 is 6.85. The standard InChI is InChI=1S/C24H28O5S2/c1-24(17-10-7-11-18(12-17)25-2)13-20-27-19(15-26-14-16-8-5-4-6-9-16)21(28-20)22(24)29-23(30)31-3/h4-12,19-22H,13-15H2,1-3H3/t19-,20+,21+,22-,24+/m1/s1. The van der Waals surface area contributed by atoms with E-state index in [2.05, 4.69) is 19.1 Å². The number of thiocarbonyl (C=S) groups is 1. The van der Waals surface area contributed by atoms with Gasteiger partial charge in [0.1, 0.15) is 24.1 Å². The van der Waals surface area contributed by atoms with E-state index in [1.54, 1.807) is 7.11 Å². The van der Waals surface area contributed by atoms with Crippen LogP contribution in [0.4, 0.5) is 0 Å². The molecule has 0 spiro atoms. The van der Waals surface area contributed by atoms with Crippen molar-refractivity contribution in [1.29, 1.82) is 0 Å². The molecule has 2 fully saturated rings. The molecule has 2 bridgehead atoms. The van der Waals surface area contributed by atoms with E-state index < -0.39 is 0 Å². The molecule has 0 unspecified atom stereocenters. The maximum absolute atomic E-state index is 6.30. The summed E-state index contributed by atoms with van der Waals surface area (Å²) in [5.74, 6) is 0.812. The Hall–Kier alpha value is -1.64. The van der Waals surface area contributed by atoms with Crippen molar-refractivity contribution in [3.63, 3.8) is 0 Å². The second-order valence-electron chi connectivity index (χ2n) is 8.05.